The average molecular weight is 244 g/mol. The van der Waals surface area contributed by atoms with Crippen LogP contribution in [0.1, 0.15) is 29.9 Å². The quantitative estimate of drug-likeness (QED) is 0.759. The molecule has 0 aliphatic carbocycles. The van der Waals surface area contributed by atoms with Crippen LogP contribution in [0.2, 0.25) is 0 Å². The molecule has 0 bridgehead atoms. The maximum atomic E-state index is 12.4. The molecule has 2 rings (SSSR count). The summed E-state index contributed by atoms with van der Waals surface area (Å²) in [6.45, 7) is 5.07. The predicted octanol–water partition coefficient (Wildman–Crippen LogP) is 2.53. The van der Waals surface area contributed by atoms with E-state index in [1.54, 1.807) is 23.0 Å². The van der Waals surface area contributed by atoms with Crippen molar-refractivity contribution >= 4 is 5.78 Å². The first kappa shape index (κ1) is 12.4. The topological polar surface area (TPSA) is 44.1 Å². The van der Waals surface area contributed by atoms with Crippen molar-refractivity contribution in [1.82, 2.24) is 9.78 Å². The highest BCUT2D eigenvalue weighted by Gasteiger charge is 2.17. The van der Waals surface area contributed by atoms with Crippen LogP contribution in [-0.2, 0) is 6.54 Å². The molecule has 0 radical (unpaired) electrons. The maximum Gasteiger partial charge on any atom is 0.214 e. The zero-order valence-corrected chi connectivity index (χ0v) is 10.6. The number of aromatic nitrogens is 2. The molecule has 0 N–H and O–H groups in total. The molecule has 4 nitrogen and oxygen atoms in total. The largest absolute Gasteiger partial charge is 0.493 e. The second-order valence-electron chi connectivity index (χ2n) is 3.79. The Morgan fingerprint density at radius 2 is 2.06 bits per heavy atom. The van der Waals surface area contributed by atoms with Gasteiger partial charge >= 0.3 is 0 Å². The molecular weight excluding hydrogens is 228 g/mol. The molecule has 94 valence electrons. The van der Waals surface area contributed by atoms with Crippen molar-refractivity contribution in [3.8, 4) is 5.75 Å². The monoisotopic (exact) mass is 244 g/mol. The summed E-state index contributed by atoms with van der Waals surface area (Å²) in [6, 6.07) is 9.01. The van der Waals surface area contributed by atoms with Crippen molar-refractivity contribution in [2.75, 3.05) is 6.61 Å². The number of aryl methyl sites for hydroxylation is 1. The molecule has 1 heterocycles. The molecule has 4 heteroatoms. The molecule has 1 aromatic carbocycles. The highest BCUT2D eigenvalue weighted by molar-refractivity contribution is 6.09. The Hall–Kier alpha value is -2.10. The van der Waals surface area contributed by atoms with E-state index in [2.05, 4.69) is 5.10 Å². The summed E-state index contributed by atoms with van der Waals surface area (Å²) >= 11 is 0. The summed E-state index contributed by atoms with van der Waals surface area (Å²) in [4.78, 5) is 12.4. The van der Waals surface area contributed by atoms with Crippen LogP contribution in [0.25, 0.3) is 0 Å². The molecule has 0 fully saturated rings. The molecular formula is C14H16N2O2. The van der Waals surface area contributed by atoms with E-state index in [0.717, 1.165) is 0 Å². The van der Waals surface area contributed by atoms with E-state index in [4.69, 9.17) is 4.74 Å². The smallest absolute Gasteiger partial charge is 0.214 e. The summed E-state index contributed by atoms with van der Waals surface area (Å²) in [7, 11) is 0. The Morgan fingerprint density at radius 3 is 2.78 bits per heavy atom. The minimum atomic E-state index is -0.0570. The van der Waals surface area contributed by atoms with Gasteiger partial charge in [0.25, 0.3) is 0 Å². The highest BCUT2D eigenvalue weighted by Crippen LogP contribution is 2.21. The third-order valence-electron chi connectivity index (χ3n) is 2.68. The van der Waals surface area contributed by atoms with Gasteiger partial charge < -0.3 is 4.74 Å². The lowest BCUT2D eigenvalue weighted by molar-refractivity contribution is 0.102. The Morgan fingerprint density at radius 1 is 1.28 bits per heavy atom. The van der Waals surface area contributed by atoms with Crippen LogP contribution >= 0.6 is 0 Å². The van der Waals surface area contributed by atoms with Crippen LogP contribution in [-0.4, -0.2) is 22.2 Å². The maximum absolute atomic E-state index is 12.4. The van der Waals surface area contributed by atoms with Gasteiger partial charge in [-0.1, -0.05) is 12.1 Å². The minimum absolute atomic E-state index is 0.0570. The van der Waals surface area contributed by atoms with Crippen LogP contribution in [0.3, 0.4) is 0 Å². The van der Waals surface area contributed by atoms with E-state index in [1.807, 2.05) is 32.0 Å². The second kappa shape index (κ2) is 5.49. The molecule has 0 aliphatic rings. The number of carbonyl (C=O) groups is 1. The standard InChI is InChI=1S/C14H16N2O2/c1-3-16-12(9-10-15-16)14(17)11-7-5-6-8-13(11)18-4-2/h5-10H,3-4H2,1-2H3. The summed E-state index contributed by atoms with van der Waals surface area (Å²) in [5, 5.41) is 4.11. The first-order valence-electron chi connectivity index (χ1n) is 6.06. The fraction of sp³-hybridized carbons (Fsp3) is 0.286. The second-order valence-corrected chi connectivity index (χ2v) is 3.79. The first-order valence-corrected chi connectivity index (χ1v) is 6.06. The minimum Gasteiger partial charge on any atom is -0.493 e. The van der Waals surface area contributed by atoms with Gasteiger partial charge in [-0.2, -0.15) is 5.10 Å². The molecule has 0 unspecified atom stereocenters. The van der Waals surface area contributed by atoms with Crippen LogP contribution in [0.15, 0.2) is 36.5 Å². The number of carbonyl (C=O) groups excluding carboxylic acids is 1. The molecule has 18 heavy (non-hydrogen) atoms. The van der Waals surface area contributed by atoms with Gasteiger partial charge in [-0.05, 0) is 32.0 Å². The van der Waals surface area contributed by atoms with Crippen LogP contribution in [0.4, 0.5) is 0 Å². The van der Waals surface area contributed by atoms with Crippen molar-refractivity contribution < 1.29 is 9.53 Å². The SMILES string of the molecule is CCOc1ccccc1C(=O)c1ccnn1CC. The van der Waals surface area contributed by atoms with E-state index < -0.39 is 0 Å². The molecule has 1 aromatic heterocycles. The van der Waals surface area contributed by atoms with Crippen LogP contribution in [0, 0.1) is 0 Å². The summed E-state index contributed by atoms with van der Waals surface area (Å²) < 4.78 is 7.16. The van der Waals surface area contributed by atoms with Crippen LogP contribution < -0.4 is 4.74 Å². The Kier molecular flexibility index (Phi) is 3.77. The molecule has 0 saturated carbocycles. The lowest BCUT2D eigenvalue weighted by atomic mass is 10.1. The number of hydrogen-bond acceptors (Lipinski definition) is 3. The van der Waals surface area contributed by atoms with Crippen molar-refractivity contribution in [2.24, 2.45) is 0 Å². The molecule has 0 amide bonds. The van der Waals surface area contributed by atoms with Crippen molar-refractivity contribution in [1.29, 1.82) is 0 Å². The Balaban J connectivity index is 2.40. The van der Waals surface area contributed by atoms with Gasteiger partial charge in [-0.25, -0.2) is 0 Å². The first-order chi connectivity index (χ1) is 8.77. The summed E-state index contributed by atoms with van der Waals surface area (Å²) in [5.41, 5.74) is 1.17. The number of ether oxygens (including phenoxy) is 1. The molecule has 2 aromatic rings. The lowest BCUT2D eigenvalue weighted by Crippen LogP contribution is -2.12. The zero-order chi connectivity index (χ0) is 13.0. The molecule has 0 spiro atoms. The Bertz CT molecular complexity index is 546. The van der Waals surface area contributed by atoms with E-state index in [0.29, 0.717) is 30.2 Å². The van der Waals surface area contributed by atoms with Gasteiger partial charge in [-0.3, -0.25) is 9.48 Å². The van der Waals surface area contributed by atoms with E-state index in [9.17, 15) is 4.79 Å². The van der Waals surface area contributed by atoms with Crippen molar-refractivity contribution in [2.45, 2.75) is 20.4 Å². The van der Waals surface area contributed by atoms with E-state index in [-0.39, 0.29) is 5.78 Å². The van der Waals surface area contributed by atoms with Gasteiger partial charge in [0.1, 0.15) is 11.4 Å². The third kappa shape index (κ3) is 2.27. The van der Waals surface area contributed by atoms with Gasteiger partial charge in [0.15, 0.2) is 0 Å². The molecule has 0 atom stereocenters. The number of nitrogens with zero attached hydrogens (tertiary/aromatic N) is 2. The van der Waals surface area contributed by atoms with Crippen molar-refractivity contribution in [3.63, 3.8) is 0 Å². The van der Waals surface area contributed by atoms with E-state index >= 15 is 0 Å². The van der Waals surface area contributed by atoms with Gasteiger partial charge in [0, 0.05) is 12.7 Å². The summed E-state index contributed by atoms with van der Waals surface area (Å²) in [5.74, 6) is 0.562. The lowest BCUT2D eigenvalue weighted by Gasteiger charge is -2.09. The number of benzene rings is 1. The third-order valence-corrected chi connectivity index (χ3v) is 2.68. The highest BCUT2D eigenvalue weighted by atomic mass is 16.5. The predicted molar refractivity (Wildman–Crippen MR) is 68.9 cm³/mol. The molecule has 0 saturated heterocycles. The van der Waals surface area contributed by atoms with Crippen molar-refractivity contribution in [3.05, 3.63) is 47.8 Å². The summed E-state index contributed by atoms with van der Waals surface area (Å²) in [6.07, 6.45) is 1.64. The van der Waals surface area contributed by atoms with Gasteiger partial charge in [0.05, 0.1) is 12.2 Å². The fourth-order valence-corrected chi connectivity index (χ4v) is 1.85. The zero-order valence-electron chi connectivity index (χ0n) is 10.6. The Labute approximate surface area is 106 Å². The number of para-hydroxylation sites is 1. The van der Waals surface area contributed by atoms with Gasteiger partial charge in [-0.15, -0.1) is 0 Å². The number of rotatable bonds is 5. The van der Waals surface area contributed by atoms with Crippen LogP contribution in [0.5, 0.6) is 5.75 Å². The number of hydrogen-bond donors (Lipinski definition) is 0. The normalized spacial score (nSPS) is 10.3. The van der Waals surface area contributed by atoms with E-state index in [1.165, 1.54) is 0 Å². The fourth-order valence-electron chi connectivity index (χ4n) is 1.85. The van der Waals surface area contributed by atoms with Gasteiger partial charge in [0.2, 0.25) is 5.78 Å². The molecule has 0 aliphatic heterocycles. The average Bonchev–Trinajstić information content (AvgIpc) is 2.87. The number of ketones is 1.